The van der Waals surface area contributed by atoms with Crippen LogP contribution >= 0.6 is 11.6 Å². The number of nitrogens with one attached hydrogen (secondary N) is 1. The van der Waals surface area contributed by atoms with Crippen molar-refractivity contribution in [1.29, 1.82) is 0 Å². The minimum absolute atomic E-state index is 0.0874. The van der Waals surface area contributed by atoms with Crippen LogP contribution in [0.25, 0.3) is 0 Å². The van der Waals surface area contributed by atoms with E-state index in [1.807, 2.05) is 68.4 Å². The number of ether oxygens (including phenoxy) is 2. The normalized spacial score (nSPS) is 11.8. The van der Waals surface area contributed by atoms with E-state index in [-0.39, 0.29) is 35.2 Å². The summed E-state index contributed by atoms with van der Waals surface area (Å²) in [5.41, 5.74) is 2.89. The Morgan fingerprint density at radius 2 is 1.54 bits per heavy atom. The van der Waals surface area contributed by atoms with Crippen molar-refractivity contribution in [2.75, 3.05) is 31.6 Å². The lowest BCUT2D eigenvalue weighted by Crippen LogP contribution is -2.53. The Hall–Kier alpha value is -4.54. The number of hydrogen-bond acceptors (Lipinski definition) is 6. The van der Waals surface area contributed by atoms with Crippen LogP contribution in [0.4, 0.5) is 5.69 Å². The molecule has 1 atom stereocenters. The number of amides is 2. The molecule has 0 aliphatic rings. The Labute approximate surface area is 288 Å². The molecule has 0 saturated carbocycles. The van der Waals surface area contributed by atoms with E-state index in [0.717, 1.165) is 33.8 Å². The fourth-order valence-corrected chi connectivity index (χ4v) is 6.86. The smallest absolute Gasteiger partial charge is 0.264 e. The summed E-state index contributed by atoms with van der Waals surface area (Å²) in [7, 11) is -1.48. The van der Waals surface area contributed by atoms with Crippen molar-refractivity contribution < 1.29 is 27.5 Å². The van der Waals surface area contributed by atoms with Crippen LogP contribution in [-0.4, -0.2) is 58.5 Å². The Morgan fingerprint density at radius 3 is 2.19 bits per heavy atom. The standard InChI is InChI=1S/C37H42ClN3O6S/c1-5-6-21-39-37(43)33(23-28-12-8-7-9-13-28)40(25-29-14-10-11-27(2)22-29)36(42)26-41(31-17-15-30(38)16-18-31)48(44,45)32-19-20-34(46-3)35(24-32)47-4/h7-20,22,24,33H,5-6,21,23,25-26H2,1-4H3,(H,39,43). The fraction of sp³-hybridized carbons (Fsp3) is 0.297. The van der Waals surface area contributed by atoms with Gasteiger partial charge in [-0.25, -0.2) is 8.42 Å². The molecule has 0 fully saturated rings. The molecule has 1 unspecified atom stereocenters. The lowest BCUT2D eigenvalue weighted by molar-refractivity contribution is -0.140. The largest absolute Gasteiger partial charge is 0.493 e. The molecular formula is C37H42ClN3O6S. The van der Waals surface area contributed by atoms with Crippen molar-refractivity contribution in [2.45, 2.75) is 50.6 Å². The second kappa shape index (κ2) is 17.0. The van der Waals surface area contributed by atoms with Gasteiger partial charge in [0, 0.05) is 30.6 Å². The van der Waals surface area contributed by atoms with Gasteiger partial charge in [0.2, 0.25) is 11.8 Å². The third-order valence-corrected chi connectivity index (χ3v) is 9.89. The van der Waals surface area contributed by atoms with Gasteiger partial charge in [-0.15, -0.1) is 0 Å². The number of halogens is 1. The number of nitrogens with zero attached hydrogens (tertiary/aromatic N) is 2. The van der Waals surface area contributed by atoms with E-state index in [1.165, 1.54) is 49.5 Å². The van der Waals surface area contributed by atoms with Crippen LogP contribution in [-0.2, 0) is 32.6 Å². The van der Waals surface area contributed by atoms with Crippen molar-refractivity contribution >= 4 is 39.1 Å². The summed E-state index contributed by atoms with van der Waals surface area (Å²) in [6, 6.07) is 26.7. The van der Waals surface area contributed by atoms with Crippen LogP contribution < -0.4 is 19.1 Å². The number of hydrogen-bond donors (Lipinski definition) is 1. The number of sulfonamides is 1. The van der Waals surface area contributed by atoms with Crippen LogP contribution in [0.3, 0.4) is 0 Å². The number of anilines is 1. The Balaban J connectivity index is 1.81. The van der Waals surface area contributed by atoms with E-state index in [2.05, 4.69) is 5.32 Å². The van der Waals surface area contributed by atoms with E-state index in [4.69, 9.17) is 21.1 Å². The summed E-state index contributed by atoms with van der Waals surface area (Å²) in [6.45, 7) is 3.94. The van der Waals surface area contributed by atoms with Crippen molar-refractivity contribution in [3.05, 3.63) is 119 Å². The summed E-state index contributed by atoms with van der Waals surface area (Å²) in [5.74, 6) is -0.294. The second-order valence-electron chi connectivity index (χ2n) is 11.4. The predicted molar refractivity (Wildman–Crippen MR) is 189 cm³/mol. The Kier molecular flexibility index (Phi) is 12.9. The average molecular weight is 692 g/mol. The van der Waals surface area contributed by atoms with Gasteiger partial charge in [0.05, 0.1) is 24.8 Å². The molecule has 0 spiro atoms. The molecule has 0 saturated heterocycles. The first-order valence-corrected chi connectivity index (χ1v) is 17.6. The number of rotatable bonds is 16. The first kappa shape index (κ1) is 36.3. The van der Waals surface area contributed by atoms with Gasteiger partial charge in [-0.1, -0.05) is 85.1 Å². The monoisotopic (exact) mass is 691 g/mol. The summed E-state index contributed by atoms with van der Waals surface area (Å²) in [6.07, 6.45) is 1.91. The van der Waals surface area contributed by atoms with E-state index in [1.54, 1.807) is 12.1 Å². The highest BCUT2D eigenvalue weighted by molar-refractivity contribution is 7.92. The lowest BCUT2D eigenvalue weighted by atomic mass is 10.0. The van der Waals surface area contributed by atoms with Gasteiger partial charge in [-0.3, -0.25) is 13.9 Å². The number of benzene rings is 4. The van der Waals surface area contributed by atoms with Gasteiger partial charge < -0.3 is 19.7 Å². The van der Waals surface area contributed by atoms with Crippen molar-refractivity contribution in [3.63, 3.8) is 0 Å². The molecule has 0 aliphatic heterocycles. The maximum Gasteiger partial charge on any atom is 0.264 e. The van der Waals surface area contributed by atoms with E-state index in [9.17, 15) is 18.0 Å². The molecule has 0 bridgehead atoms. The van der Waals surface area contributed by atoms with E-state index >= 15 is 0 Å². The molecule has 1 N–H and O–H groups in total. The number of methoxy groups -OCH3 is 2. The molecule has 48 heavy (non-hydrogen) atoms. The van der Waals surface area contributed by atoms with Gasteiger partial charge in [-0.05, 0) is 60.9 Å². The van der Waals surface area contributed by atoms with Crippen molar-refractivity contribution in [1.82, 2.24) is 10.2 Å². The predicted octanol–water partition coefficient (Wildman–Crippen LogP) is 6.42. The SMILES string of the molecule is CCCCNC(=O)C(Cc1ccccc1)N(Cc1cccc(C)c1)C(=O)CN(c1ccc(Cl)cc1)S(=O)(=O)c1ccc(OC)c(OC)c1. The molecule has 4 aromatic carbocycles. The molecule has 0 aromatic heterocycles. The van der Waals surface area contributed by atoms with Gasteiger partial charge >= 0.3 is 0 Å². The minimum atomic E-state index is -4.35. The minimum Gasteiger partial charge on any atom is -0.493 e. The van der Waals surface area contributed by atoms with Crippen molar-refractivity contribution in [2.24, 2.45) is 0 Å². The molecule has 0 heterocycles. The molecule has 0 radical (unpaired) electrons. The van der Waals surface area contributed by atoms with E-state index in [0.29, 0.717) is 17.3 Å². The maximum absolute atomic E-state index is 14.6. The molecule has 4 rings (SSSR count). The van der Waals surface area contributed by atoms with Crippen LogP contribution in [0.1, 0.15) is 36.5 Å². The zero-order valence-corrected chi connectivity index (χ0v) is 29.3. The van der Waals surface area contributed by atoms with Gasteiger partial charge in [0.15, 0.2) is 11.5 Å². The number of aryl methyl sites for hydroxylation is 1. The van der Waals surface area contributed by atoms with Gasteiger partial charge in [-0.2, -0.15) is 0 Å². The third-order valence-electron chi connectivity index (χ3n) is 7.87. The topological polar surface area (TPSA) is 105 Å². The molecule has 4 aromatic rings. The molecule has 2 amide bonds. The fourth-order valence-electron chi connectivity index (χ4n) is 5.31. The van der Waals surface area contributed by atoms with Crippen LogP contribution in [0, 0.1) is 6.92 Å². The first-order chi connectivity index (χ1) is 23.1. The Bertz CT molecular complexity index is 1780. The number of unbranched alkanes of at least 4 members (excludes halogenated alkanes) is 1. The van der Waals surface area contributed by atoms with Crippen molar-refractivity contribution in [3.8, 4) is 11.5 Å². The zero-order valence-electron chi connectivity index (χ0n) is 27.7. The molecule has 9 nitrogen and oxygen atoms in total. The zero-order chi connectivity index (χ0) is 34.7. The van der Waals surface area contributed by atoms with Crippen LogP contribution in [0.2, 0.25) is 5.02 Å². The summed E-state index contributed by atoms with van der Waals surface area (Å²) in [4.78, 5) is 29.9. The highest BCUT2D eigenvalue weighted by Crippen LogP contribution is 2.33. The summed E-state index contributed by atoms with van der Waals surface area (Å²) >= 11 is 6.17. The lowest BCUT2D eigenvalue weighted by Gasteiger charge is -2.34. The van der Waals surface area contributed by atoms with E-state index < -0.39 is 28.5 Å². The highest BCUT2D eigenvalue weighted by Gasteiger charge is 2.35. The highest BCUT2D eigenvalue weighted by atomic mass is 35.5. The third kappa shape index (κ3) is 9.29. The summed E-state index contributed by atoms with van der Waals surface area (Å²) in [5, 5.41) is 3.41. The molecule has 254 valence electrons. The molecule has 11 heteroatoms. The van der Waals surface area contributed by atoms with Crippen LogP contribution in [0.5, 0.6) is 11.5 Å². The quantitative estimate of drug-likeness (QED) is 0.136. The number of carbonyl (C=O) groups is 2. The Morgan fingerprint density at radius 1 is 0.854 bits per heavy atom. The van der Waals surface area contributed by atoms with Gasteiger partial charge in [0.1, 0.15) is 12.6 Å². The summed E-state index contributed by atoms with van der Waals surface area (Å²) < 4.78 is 40.4. The second-order valence-corrected chi connectivity index (χ2v) is 13.7. The number of carbonyl (C=O) groups excluding carboxylic acids is 2. The van der Waals surface area contributed by atoms with Crippen LogP contribution in [0.15, 0.2) is 102 Å². The average Bonchev–Trinajstić information content (AvgIpc) is 3.09. The maximum atomic E-state index is 14.6. The molecule has 0 aliphatic carbocycles. The first-order valence-electron chi connectivity index (χ1n) is 15.7. The van der Waals surface area contributed by atoms with Gasteiger partial charge in [0.25, 0.3) is 10.0 Å². The molecular weight excluding hydrogens is 650 g/mol.